The van der Waals surface area contributed by atoms with Crippen LogP contribution < -0.4 is 0 Å². The van der Waals surface area contributed by atoms with E-state index in [1.165, 1.54) is 0 Å². The molecule has 0 unspecified atom stereocenters. The Hall–Kier alpha value is -0.0800. The highest BCUT2D eigenvalue weighted by atomic mass is 79.9. The van der Waals surface area contributed by atoms with Crippen molar-refractivity contribution in [2.24, 2.45) is 0 Å². The van der Waals surface area contributed by atoms with Crippen LogP contribution in [0.1, 0.15) is 19.8 Å². The lowest BCUT2D eigenvalue weighted by molar-refractivity contribution is 0.302. The van der Waals surface area contributed by atoms with E-state index in [1.807, 2.05) is 12.2 Å². The minimum atomic E-state index is 0.205. The van der Waals surface area contributed by atoms with Crippen molar-refractivity contribution in [2.45, 2.75) is 19.8 Å². The smallest absolute Gasteiger partial charge is 0.0476 e. The minimum Gasteiger partial charge on any atom is -0.396 e. The van der Waals surface area contributed by atoms with Gasteiger partial charge in [0.2, 0.25) is 0 Å². The van der Waals surface area contributed by atoms with E-state index in [1.54, 1.807) is 0 Å². The van der Waals surface area contributed by atoms with Crippen LogP contribution in [0.5, 0.6) is 0 Å². The van der Waals surface area contributed by atoms with Gasteiger partial charge in [0.1, 0.15) is 0 Å². The highest BCUT2D eigenvalue weighted by molar-refractivity contribution is 9.11. The summed E-state index contributed by atoms with van der Waals surface area (Å²) in [6.45, 7) is 2.29. The molecule has 0 heterocycles. The van der Waals surface area contributed by atoms with Crippen molar-refractivity contribution in [2.75, 3.05) is 6.61 Å². The van der Waals surface area contributed by atoms with Crippen LogP contribution in [0.2, 0.25) is 0 Å². The maximum absolute atomic E-state index is 8.50. The van der Waals surface area contributed by atoms with Gasteiger partial charge < -0.3 is 5.11 Å². The van der Waals surface area contributed by atoms with E-state index < -0.39 is 0 Å². The van der Waals surface area contributed by atoms with Crippen molar-refractivity contribution in [3.8, 4) is 0 Å². The van der Waals surface area contributed by atoms with Crippen molar-refractivity contribution >= 4 is 15.9 Å². The Morgan fingerprint density at radius 1 is 1.60 bits per heavy atom. The molecule has 1 nitrogen and oxygen atoms in total. The summed E-state index contributed by atoms with van der Waals surface area (Å²) < 4.78 is 1.04. The van der Waals surface area contributed by atoms with Gasteiger partial charge in [0.25, 0.3) is 0 Å². The molecule has 10 heavy (non-hydrogen) atoms. The lowest BCUT2D eigenvalue weighted by atomic mass is 10.3. The second-order valence-electron chi connectivity index (χ2n) is 1.92. The monoisotopic (exact) mass is 204 g/mol. The predicted molar refractivity (Wildman–Crippen MR) is 48.1 cm³/mol. The number of rotatable bonds is 4. The zero-order chi connectivity index (χ0) is 7.82. The van der Waals surface area contributed by atoms with E-state index in [0.29, 0.717) is 6.42 Å². The van der Waals surface area contributed by atoms with E-state index in [4.69, 9.17) is 5.11 Å². The van der Waals surface area contributed by atoms with Crippen LogP contribution in [0.25, 0.3) is 0 Å². The first kappa shape index (κ1) is 9.92. The number of hydrogen-bond donors (Lipinski definition) is 1. The Morgan fingerprint density at radius 3 is 2.80 bits per heavy atom. The van der Waals surface area contributed by atoms with Gasteiger partial charge in [-0.3, -0.25) is 0 Å². The van der Waals surface area contributed by atoms with E-state index in [2.05, 4.69) is 28.9 Å². The summed E-state index contributed by atoms with van der Waals surface area (Å²) in [5.74, 6) is 0. The van der Waals surface area contributed by atoms with Gasteiger partial charge in [0, 0.05) is 13.0 Å². The van der Waals surface area contributed by atoms with Crippen molar-refractivity contribution < 1.29 is 5.11 Å². The standard InChI is InChI=1S/C8H13BrO/c1-2-3-4-5-8(9)6-7-10/h3-5,10H,2,6-7H2,1H3/b4-3-,8-5+. The van der Waals surface area contributed by atoms with Crippen LogP contribution in [0.3, 0.4) is 0 Å². The lowest BCUT2D eigenvalue weighted by Crippen LogP contribution is -1.79. The first-order chi connectivity index (χ1) is 4.81. The third-order valence-corrected chi connectivity index (χ3v) is 1.66. The predicted octanol–water partition coefficient (Wildman–Crippen LogP) is 2.61. The first-order valence-corrected chi connectivity index (χ1v) is 4.22. The molecule has 0 aromatic heterocycles. The molecular formula is C8H13BrO. The fraction of sp³-hybridized carbons (Fsp3) is 0.500. The van der Waals surface area contributed by atoms with E-state index in [9.17, 15) is 0 Å². The van der Waals surface area contributed by atoms with Crippen molar-refractivity contribution in [1.29, 1.82) is 0 Å². The molecule has 0 amide bonds. The first-order valence-electron chi connectivity index (χ1n) is 3.43. The van der Waals surface area contributed by atoms with Gasteiger partial charge in [-0.2, -0.15) is 0 Å². The summed E-state index contributed by atoms with van der Waals surface area (Å²) >= 11 is 3.32. The normalized spacial score (nSPS) is 12.9. The molecule has 58 valence electrons. The third kappa shape index (κ3) is 6.05. The zero-order valence-corrected chi connectivity index (χ0v) is 7.76. The molecule has 0 rings (SSSR count). The van der Waals surface area contributed by atoms with E-state index in [-0.39, 0.29) is 6.61 Å². The Labute approximate surface area is 70.6 Å². The molecule has 0 aliphatic heterocycles. The molecular weight excluding hydrogens is 192 g/mol. The number of halogens is 1. The maximum atomic E-state index is 8.50. The SMILES string of the molecule is CC/C=C\C=C(\Br)CCO. The molecule has 0 aromatic rings. The quantitative estimate of drug-likeness (QED) is 0.699. The average Bonchev–Trinajstić information content (AvgIpc) is 1.89. The summed E-state index contributed by atoms with van der Waals surface area (Å²) in [6, 6.07) is 0. The summed E-state index contributed by atoms with van der Waals surface area (Å²) in [6.07, 6.45) is 7.77. The topological polar surface area (TPSA) is 20.2 Å². The van der Waals surface area contributed by atoms with Crippen LogP contribution in [0, 0.1) is 0 Å². The number of aliphatic hydroxyl groups is 1. The van der Waals surface area contributed by atoms with Crippen LogP contribution in [-0.2, 0) is 0 Å². The second kappa shape index (κ2) is 7.03. The largest absolute Gasteiger partial charge is 0.396 e. The van der Waals surface area contributed by atoms with Crippen LogP contribution in [0.4, 0.5) is 0 Å². The van der Waals surface area contributed by atoms with E-state index >= 15 is 0 Å². The lowest BCUT2D eigenvalue weighted by Gasteiger charge is -1.89. The highest BCUT2D eigenvalue weighted by Gasteiger charge is 1.85. The van der Waals surface area contributed by atoms with Gasteiger partial charge in [-0.05, 0) is 10.9 Å². The van der Waals surface area contributed by atoms with Gasteiger partial charge in [-0.25, -0.2) is 0 Å². The summed E-state index contributed by atoms with van der Waals surface area (Å²) in [4.78, 5) is 0. The Balaban J connectivity index is 3.56. The molecule has 0 aliphatic carbocycles. The van der Waals surface area contributed by atoms with E-state index in [0.717, 1.165) is 10.9 Å². The molecule has 0 radical (unpaired) electrons. The fourth-order valence-corrected chi connectivity index (χ4v) is 0.829. The Bertz CT molecular complexity index is 127. The van der Waals surface area contributed by atoms with Crippen molar-refractivity contribution in [1.82, 2.24) is 0 Å². The Morgan fingerprint density at radius 2 is 2.30 bits per heavy atom. The molecule has 0 saturated carbocycles. The Kier molecular flexibility index (Phi) is 6.98. The molecule has 0 aromatic carbocycles. The molecule has 0 bridgehead atoms. The fourth-order valence-electron chi connectivity index (χ4n) is 0.499. The molecule has 0 atom stereocenters. The summed E-state index contributed by atoms with van der Waals surface area (Å²) in [5, 5.41) is 8.50. The molecule has 0 saturated heterocycles. The van der Waals surface area contributed by atoms with Gasteiger partial charge in [0.05, 0.1) is 0 Å². The summed E-state index contributed by atoms with van der Waals surface area (Å²) in [5.41, 5.74) is 0. The number of aliphatic hydroxyl groups excluding tert-OH is 1. The van der Waals surface area contributed by atoms with Gasteiger partial charge in [0.15, 0.2) is 0 Å². The van der Waals surface area contributed by atoms with Crippen LogP contribution in [-0.4, -0.2) is 11.7 Å². The summed E-state index contributed by atoms with van der Waals surface area (Å²) in [7, 11) is 0. The van der Waals surface area contributed by atoms with Crippen molar-refractivity contribution in [3.63, 3.8) is 0 Å². The average molecular weight is 205 g/mol. The third-order valence-electron chi connectivity index (χ3n) is 0.999. The molecule has 2 heteroatoms. The number of hydrogen-bond acceptors (Lipinski definition) is 1. The minimum absolute atomic E-state index is 0.205. The van der Waals surface area contributed by atoms with Gasteiger partial charge in [-0.15, -0.1) is 0 Å². The molecule has 1 N–H and O–H groups in total. The van der Waals surface area contributed by atoms with Crippen LogP contribution in [0.15, 0.2) is 22.7 Å². The highest BCUT2D eigenvalue weighted by Crippen LogP contribution is 2.08. The second-order valence-corrected chi connectivity index (χ2v) is 2.94. The molecule has 0 aliphatic rings. The van der Waals surface area contributed by atoms with Gasteiger partial charge >= 0.3 is 0 Å². The molecule has 0 fully saturated rings. The number of allylic oxidation sites excluding steroid dienone is 3. The maximum Gasteiger partial charge on any atom is 0.0476 e. The zero-order valence-electron chi connectivity index (χ0n) is 6.18. The molecule has 0 spiro atoms. The van der Waals surface area contributed by atoms with Crippen LogP contribution >= 0.6 is 15.9 Å². The van der Waals surface area contributed by atoms with Crippen molar-refractivity contribution in [3.05, 3.63) is 22.7 Å². The van der Waals surface area contributed by atoms with Gasteiger partial charge in [-0.1, -0.05) is 41.1 Å².